The van der Waals surface area contributed by atoms with E-state index in [1.165, 1.54) is 28.6 Å². The maximum atomic E-state index is 13.3. The third-order valence-electron chi connectivity index (χ3n) is 7.10. The van der Waals surface area contributed by atoms with Crippen LogP contribution in [0.2, 0.25) is 0 Å². The van der Waals surface area contributed by atoms with Gasteiger partial charge in [-0.05, 0) is 43.0 Å². The van der Waals surface area contributed by atoms with E-state index in [1.54, 1.807) is 17.5 Å². The van der Waals surface area contributed by atoms with Gasteiger partial charge in [-0.2, -0.15) is 17.5 Å². The van der Waals surface area contributed by atoms with Crippen LogP contribution in [0.25, 0.3) is 0 Å². The van der Waals surface area contributed by atoms with Gasteiger partial charge in [-0.3, -0.25) is 4.90 Å². The van der Waals surface area contributed by atoms with Crippen molar-refractivity contribution in [3.8, 4) is 0 Å². The van der Waals surface area contributed by atoms with Crippen molar-refractivity contribution in [2.45, 2.75) is 41.9 Å². The third kappa shape index (κ3) is 5.83. The average Bonchev–Trinajstić information content (AvgIpc) is 3.36. The molecule has 14 heteroatoms. The third-order valence-corrected chi connectivity index (χ3v) is 12.1. The van der Waals surface area contributed by atoms with Crippen LogP contribution in [0.4, 0.5) is 18.9 Å². The Morgan fingerprint density at radius 1 is 1.11 bits per heavy atom. The Morgan fingerprint density at radius 2 is 1.78 bits per heavy atom. The van der Waals surface area contributed by atoms with Crippen LogP contribution < -0.4 is 4.90 Å². The molecule has 2 fully saturated rings. The molecule has 0 bridgehead atoms. The molecule has 8 nitrogen and oxygen atoms in total. The highest BCUT2D eigenvalue weighted by atomic mass is 32.2. The summed E-state index contributed by atoms with van der Waals surface area (Å²) in [6.45, 7) is 3.84. The van der Waals surface area contributed by atoms with Gasteiger partial charge in [0.05, 0.1) is 17.5 Å². The Morgan fingerprint density at radius 3 is 2.35 bits per heavy atom. The SMILES string of the molecule is CC1CS(=O)(=O)CCN1C[C@H]1CN(S(=O)(=O)c2cccs2)CCN1c1ccc(C(C)(O)C(F)(F)F)cc1. The van der Waals surface area contributed by atoms with Gasteiger partial charge in [0.15, 0.2) is 15.4 Å². The minimum absolute atomic E-state index is 0.0121. The van der Waals surface area contributed by atoms with E-state index < -0.39 is 31.6 Å². The molecule has 2 aromatic rings. The number of anilines is 1. The lowest BCUT2D eigenvalue weighted by Gasteiger charge is -2.45. The van der Waals surface area contributed by atoms with E-state index in [2.05, 4.69) is 0 Å². The number of sulfonamides is 1. The highest BCUT2D eigenvalue weighted by molar-refractivity contribution is 7.91. The van der Waals surface area contributed by atoms with Crippen LogP contribution in [0.1, 0.15) is 19.4 Å². The van der Waals surface area contributed by atoms with Gasteiger partial charge in [0.1, 0.15) is 4.21 Å². The monoisotopic (exact) mass is 581 g/mol. The molecule has 2 saturated heterocycles. The van der Waals surface area contributed by atoms with Crippen LogP contribution in [-0.4, -0.2) is 93.6 Å². The van der Waals surface area contributed by atoms with E-state index in [4.69, 9.17) is 0 Å². The lowest BCUT2D eigenvalue weighted by molar-refractivity contribution is -0.258. The van der Waals surface area contributed by atoms with Crippen LogP contribution >= 0.6 is 11.3 Å². The summed E-state index contributed by atoms with van der Waals surface area (Å²) in [6.07, 6.45) is -4.84. The molecule has 1 N–H and O–H groups in total. The molecule has 3 heterocycles. The number of piperazine rings is 1. The minimum atomic E-state index is -4.84. The number of alkyl halides is 3. The summed E-state index contributed by atoms with van der Waals surface area (Å²) in [5.74, 6) is 0.0284. The Balaban J connectivity index is 1.61. The molecule has 0 spiro atoms. The summed E-state index contributed by atoms with van der Waals surface area (Å²) in [5, 5.41) is 11.7. The van der Waals surface area contributed by atoms with Gasteiger partial charge >= 0.3 is 6.18 Å². The number of hydrogen-bond acceptors (Lipinski definition) is 8. The molecule has 2 aliphatic heterocycles. The highest BCUT2D eigenvalue weighted by Gasteiger charge is 2.51. The molecular weight excluding hydrogens is 551 g/mol. The summed E-state index contributed by atoms with van der Waals surface area (Å²) in [5.41, 5.74) is -2.71. The Kier molecular flexibility index (Phi) is 7.74. The summed E-state index contributed by atoms with van der Waals surface area (Å²) < 4.78 is 92.1. The van der Waals surface area contributed by atoms with Crippen molar-refractivity contribution in [2.24, 2.45) is 0 Å². The Bertz CT molecular complexity index is 1300. The summed E-state index contributed by atoms with van der Waals surface area (Å²) in [6, 6.07) is 8.03. The predicted molar refractivity (Wildman–Crippen MR) is 136 cm³/mol. The standard InChI is InChI=1S/C23H30F3N3O5S3/c1-17-16-36(31,32)13-11-27(17)14-20-15-28(37(33,34)21-4-3-12-35-21)9-10-29(20)19-7-5-18(6-8-19)22(2,30)23(24,25)26/h3-8,12,17,20,30H,9-11,13-16H2,1-2H3/t17?,20-,22?/m0/s1. The number of rotatable bonds is 6. The maximum Gasteiger partial charge on any atom is 0.421 e. The van der Waals surface area contributed by atoms with E-state index in [9.17, 15) is 35.1 Å². The molecular formula is C23H30F3N3O5S3. The van der Waals surface area contributed by atoms with E-state index in [0.717, 1.165) is 11.3 Å². The van der Waals surface area contributed by atoms with Crippen molar-refractivity contribution in [2.75, 3.05) is 49.1 Å². The lowest BCUT2D eigenvalue weighted by atomic mass is 9.95. The number of nitrogens with zero attached hydrogens (tertiary/aromatic N) is 3. The van der Waals surface area contributed by atoms with Gasteiger partial charge < -0.3 is 10.0 Å². The second kappa shape index (κ2) is 10.1. The average molecular weight is 582 g/mol. The van der Waals surface area contributed by atoms with Gasteiger partial charge in [0, 0.05) is 44.5 Å². The number of benzene rings is 1. The maximum absolute atomic E-state index is 13.3. The van der Waals surface area contributed by atoms with Gasteiger partial charge in [0.25, 0.3) is 10.0 Å². The van der Waals surface area contributed by atoms with Crippen LogP contribution in [0.3, 0.4) is 0 Å². The number of hydrogen-bond donors (Lipinski definition) is 1. The van der Waals surface area contributed by atoms with Gasteiger partial charge in [0.2, 0.25) is 0 Å². The molecule has 0 saturated carbocycles. The molecule has 2 aliphatic rings. The summed E-state index contributed by atoms with van der Waals surface area (Å²) in [7, 11) is -6.86. The van der Waals surface area contributed by atoms with Crippen molar-refractivity contribution < 1.29 is 35.1 Å². The number of halogens is 3. The zero-order chi connectivity index (χ0) is 27.2. The molecule has 206 valence electrons. The smallest absolute Gasteiger partial charge is 0.376 e. The van der Waals surface area contributed by atoms with Crippen LogP contribution in [0.5, 0.6) is 0 Å². The first kappa shape index (κ1) is 28.3. The fraction of sp³-hybridized carbons (Fsp3) is 0.565. The largest absolute Gasteiger partial charge is 0.421 e. The van der Waals surface area contributed by atoms with Crippen LogP contribution in [0.15, 0.2) is 46.0 Å². The second-order valence-corrected chi connectivity index (χ2v) is 15.1. The van der Waals surface area contributed by atoms with E-state index in [0.29, 0.717) is 32.2 Å². The first-order valence-corrected chi connectivity index (χ1v) is 15.9. The molecule has 0 radical (unpaired) electrons. The zero-order valence-electron chi connectivity index (χ0n) is 20.4. The Labute approximate surface area is 219 Å². The highest BCUT2D eigenvalue weighted by Crippen LogP contribution is 2.39. The fourth-order valence-electron chi connectivity index (χ4n) is 4.79. The summed E-state index contributed by atoms with van der Waals surface area (Å²) in [4.78, 5) is 3.96. The number of aliphatic hydroxyl groups is 1. The summed E-state index contributed by atoms with van der Waals surface area (Å²) >= 11 is 1.13. The molecule has 0 amide bonds. The van der Waals surface area contributed by atoms with E-state index >= 15 is 0 Å². The topological polar surface area (TPSA) is 98.2 Å². The molecule has 0 aliphatic carbocycles. The molecule has 1 aromatic carbocycles. The normalized spacial score (nSPS) is 25.6. The van der Waals surface area contributed by atoms with E-state index in [-0.39, 0.29) is 46.5 Å². The van der Waals surface area contributed by atoms with Crippen molar-refractivity contribution >= 4 is 36.9 Å². The lowest BCUT2D eigenvalue weighted by Crippen LogP contribution is -2.60. The second-order valence-electron chi connectivity index (χ2n) is 9.72. The molecule has 1 aromatic heterocycles. The first-order chi connectivity index (χ1) is 17.1. The molecule has 3 atom stereocenters. The molecule has 4 rings (SSSR count). The van der Waals surface area contributed by atoms with Gasteiger partial charge in [-0.25, -0.2) is 16.8 Å². The predicted octanol–water partition coefficient (Wildman–Crippen LogP) is 2.52. The molecule has 37 heavy (non-hydrogen) atoms. The minimum Gasteiger partial charge on any atom is -0.376 e. The molecule has 2 unspecified atom stereocenters. The zero-order valence-corrected chi connectivity index (χ0v) is 22.9. The fourth-order valence-corrected chi connectivity index (χ4v) is 9.03. The van der Waals surface area contributed by atoms with Crippen LogP contribution in [-0.2, 0) is 25.5 Å². The van der Waals surface area contributed by atoms with Gasteiger partial charge in [-0.15, -0.1) is 11.3 Å². The van der Waals surface area contributed by atoms with E-state index in [1.807, 2.05) is 16.7 Å². The van der Waals surface area contributed by atoms with Crippen molar-refractivity contribution in [3.05, 3.63) is 47.3 Å². The first-order valence-electron chi connectivity index (χ1n) is 11.8. The quantitative estimate of drug-likeness (QED) is 0.560. The Hall–Kier alpha value is -1.71. The van der Waals surface area contributed by atoms with Crippen molar-refractivity contribution in [3.63, 3.8) is 0 Å². The number of sulfone groups is 1. The van der Waals surface area contributed by atoms with Gasteiger partial charge in [-0.1, -0.05) is 18.2 Å². The van der Waals surface area contributed by atoms with Crippen LogP contribution in [0, 0.1) is 0 Å². The van der Waals surface area contributed by atoms with Crippen molar-refractivity contribution in [1.82, 2.24) is 9.21 Å². The van der Waals surface area contributed by atoms with Crippen molar-refractivity contribution in [1.29, 1.82) is 0 Å². The number of thiophene rings is 1.